The van der Waals surface area contributed by atoms with E-state index in [0.29, 0.717) is 11.4 Å². The zero-order valence-electron chi connectivity index (χ0n) is 13.8. The fourth-order valence-electron chi connectivity index (χ4n) is 3.01. The van der Waals surface area contributed by atoms with Gasteiger partial charge in [0.25, 0.3) is 5.91 Å². The summed E-state index contributed by atoms with van der Waals surface area (Å²) in [4.78, 5) is 14.3. The fraction of sp³-hybridized carbons (Fsp3) is 0.250. The first kappa shape index (κ1) is 15.9. The third-order valence-corrected chi connectivity index (χ3v) is 4.23. The molecule has 0 saturated heterocycles. The van der Waals surface area contributed by atoms with Crippen LogP contribution in [-0.2, 0) is 4.79 Å². The predicted molar refractivity (Wildman–Crippen MR) is 93.1 cm³/mol. The van der Waals surface area contributed by atoms with E-state index in [1.54, 1.807) is 0 Å². The molecular formula is C16H21N7O. The van der Waals surface area contributed by atoms with E-state index in [1.165, 1.54) is 0 Å². The summed E-state index contributed by atoms with van der Waals surface area (Å²) in [6.45, 7) is 1.91. The average molecular weight is 327 g/mol. The number of aryl methyl sites for hydroxylation is 1. The van der Waals surface area contributed by atoms with Crippen molar-refractivity contribution in [3.8, 4) is 0 Å². The molecule has 1 atom stereocenters. The zero-order valence-corrected chi connectivity index (χ0v) is 13.8. The van der Waals surface area contributed by atoms with Crippen LogP contribution in [0.15, 0.2) is 35.7 Å². The minimum absolute atomic E-state index is 0.249. The summed E-state index contributed by atoms with van der Waals surface area (Å²) in [7, 11) is 3.95. The molecule has 0 radical (unpaired) electrons. The number of hydrogen-bond donors (Lipinski definition) is 5. The molecule has 24 heavy (non-hydrogen) atoms. The minimum Gasteiger partial charge on any atom is -0.385 e. The SMILES string of the molecule is Cc1[nH]nc2c1C(c1ccc(N(C)C)cc1)C(C(=O)NN)=C(N)N2. The molecule has 1 unspecified atom stereocenters. The summed E-state index contributed by atoms with van der Waals surface area (Å²) in [5.41, 5.74) is 12.4. The van der Waals surface area contributed by atoms with Crippen molar-refractivity contribution in [3.63, 3.8) is 0 Å². The Morgan fingerprint density at radius 3 is 2.54 bits per heavy atom. The van der Waals surface area contributed by atoms with E-state index in [9.17, 15) is 4.79 Å². The first-order valence-corrected chi connectivity index (χ1v) is 7.53. The number of carbonyl (C=O) groups excluding carboxylic acids is 1. The monoisotopic (exact) mass is 327 g/mol. The summed E-state index contributed by atoms with van der Waals surface area (Å²) in [5.74, 6) is 5.46. The van der Waals surface area contributed by atoms with Gasteiger partial charge in [0, 0.05) is 37.0 Å². The van der Waals surface area contributed by atoms with Crippen LogP contribution in [-0.4, -0.2) is 30.2 Å². The number of nitrogens with one attached hydrogen (secondary N) is 3. The normalized spacial score (nSPS) is 16.4. The van der Waals surface area contributed by atoms with Gasteiger partial charge in [-0.2, -0.15) is 5.10 Å². The van der Waals surface area contributed by atoms with E-state index in [-0.39, 0.29) is 11.7 Å². The smallest absolute Gasteiger partial charge is 0.265 e. The van der Waals surface area contributed by atoms with Crippen molar-refractivity contribution in [3.05, 3.63) is 52.5 Å². The number of aromatic nitrogens is 2. The van der Waals surface area contributed by atoms with Crippen molar-refractivity contribution >= 4 is 17.4 Å². The van der Waals surface area contributed by atoms with Crippen molar-refractivity contribution in [2.45, 2.75) is 12.8 Å². The van der Waals surface area contributed by atoms with Gasteiger partial charge in [-0.1, -0.05) is 12.1 Å². The van der Waals surface area contributed by atoms with Crippen LogP contribution in [0.4, 0.5) is 11.5 Å². The molecule has 1 aliphatic rings. The van der Waals surface area contributed by atoms with E-state index in [2.05, 4.69) is 20.9 Å². The first-order valence-electron chi connectivity index (χ1n) is 7.53. The third kappa shape index (κ3) is 2.46. The van der Waals surface area contributed by atoms with Crippen LogP contribution >= 0.6 is 0 Å². The van der Waals surface area contributed by atoms with Gasteiger partial charge in [0.15, 0.2) is 5.82 Å². The predicted octanol–water partition coefficient (Wildman–Crippen LogP) is 0.502. The highest BCUT2D eigenvalue weighted by Crippen LogP contribution is 2.41. The van der Waals surface area contributed by atoms with E-state index < -0.39 is 5.91 Å². The molecule has 8 nitrogen and oxygen atoms in total. The molecule has 1 aromatic heterocycles. The van der Waals surface area contributed by atoms with Gasteiger partial charge in [-0.15, -0.1) is 0 Å². The molecule has 1 aliphatic heterocycles. The molecule has 2 heterocycles. The van der Waals surface area contributed by atoms with E-state index in [0.717, 1.165) is 22.5 Å². The van der Waals surface area contributed by atoms with Gasteiger partial charge in [-0.3, -0.25) is 15.3 Å². The Labute approximate surface area is 139 Å². The van der Waals surface area contributed by atoms with Crippen LogP contribution in [0, 0.1) is 6.92 Å². The Morgan fingerprint density at radius 2 is 1.96 bits per heavy atom. The minimum atomic E-state index is -0.423. The number of amides is 1. The largest absolute Gasteiger partial charge is 0.385 e. The second-order valence-electron chi connectivity index (χ2n) is 5.96. The quantitative estimate of drug-likeness (QED) is 0.318. The van der Waals surface area contributed by atoms with E-state index in [1.807, 2.05) is 50.2 Å². The molecule has 3 rings (SSSR count). The molecule has 1 amide bonds. The van der Waals surface area contributed by atoms with Crippen LogP contribution < -0.4 is 27.2 Å². The van der Waals surface area contributed by atoms with Gasteiger partial charge in [-0.05, 0) is 24.6 Å². The molecular weight excluding hydrogens is 306 g/mol. The number of fused-ring (bicyclic) bond motifs is 1. The molecule has 0 fully saturated rings. The maximum absolute atomic E-state index is 12.3. The number of rotatable bonds is 3. The lowest BCUT2D eigenvalue weighted by Crippen LogP contribution is -2.38. The van der Waals surface area contributed by atoms with Gasteiger partial charge < -0.3 is 16.0 Å². The Bertz CT molecular complexity index is 804. The molecule has 2 aromatic rings. The lowest BCUT2D eigenvalue weighted by atomic mass is 9.82. The molecule has 0 saturated carbocycles. The zero-order chi connectivity index (χ0) is 17.4. The van der Waals surface area contributed by atoms with Gasteiger partial charge in [0.05, 0.1) is 5.57 Å². The number of hydrogen-bond acceptors (Lipinski definition) is 6. The maximum atomic E-state index is 12.3. The summed E-state index contributed by atoms with van der Waals surface area (Å²) >= 11 is 0. The standard InChI is InChI=1S/C16H21N7O/c1-8-11-12(9-4-6-10(7-5-9)23(2)3)13(16(24)20-18)14(17)19-15(11)22-21-8/h4-7,12H,17-18H2,1-3H3,(H,20,24)(H2,19,21,22). The number of nitrogens with zero attached hydrogens (tertiary/aromatic N) is 2. The van der Waals surface area contributed by atoms with Crippen molar-refractivity contribution in [2.75, 3.05) is 24.3 Å². The Kier molecular flexibility index (Phi) is 3.90. The third-order valence-electron chi connectivity index (χ3n) is 4.23. The van der Waals surface area contributed by atoms with Crippen molar-refractivity contribution in [1.82, 2.24) is 15.6 Å². The van der Waals surface area contributed by atoms with E-state index >= 15 is 0 Å². The molecule has 0 aliphatic carbocycles. The summed E-state index contributed by atoms with van der Waals surface area (Å²) in [6, 6.07) is 7.97. The highest BCUT2D eigenvalue weighted by Gasteiger charge is 2.35. The molecule has 0 bridgehead atoms. The lowest BCUT2D eigenvalue weighted by molar-refractivity contribution is -0.117. The highest BCUT2D eigenvalue weighted by molar-refractivity contribution is 5.98. The number of anilines is 2. The summed E-state index contributed by atoms with van der Waals surface area (Å²) in [5, 5.41) is 10.1. The number of H-pyrrole nitrogens is 1. The number of benzene rings is 1. The average Bonchev–Trinajstić information content (AvgIpc) is 2.93. The molecule has 126 valence electrons. The number of hydrazine groups is 1. The highest BCUT2D eigenvalue weighted by atomic mass is 16.2. The maximum Gasteiger partial charge on any atom is 0.265 e. The van der Waals surface area contributed by atoms with Gasteiger partial charge in [-0.25, -0.2) is 5.84 Å². The van der Waals surface area contributed by atoms with Crippen LogP contribution in [0.5, 0.6) is 0 Å². The summed E-state index contributed by atoms with van der Waals surface area (Å²) in [6.07, 6.45) is 0. The molecule has 8 heteroatoms. The molecule has 0 spiro atoms. The second-order valence-corrected chi connectivity index (χ2v) is 5.96. The Balaban J connectivity index is 2.16. The number of aromatic amines is 1. The van der Waals surface area contributed by atoms with Gasteiger partial charge >= 0.3 is 0 Å². The number of nitrogens with two attached hydrogens (primary N) is 2. The second kappa shape index (κ2) is 5.89. The van der Waals surface area contributed by atoms with Crippen molar-refractivity contribution < 1.29 is 4.79 Å². The summed E-state index contributed by atoms with van der Waals surface area (Å²) < 4.78 is 0. The van der Waals surface area contributed by atoms with Crippen LogP contribution in [0.25, 0.3) is 0 Å². The van der Waals surface area contributed by atoms with Gasteiger partial charge in [0.1, 0.15) is 5.82 Å². The van der Waals surface area contributed by atoms with Crippen molar-refractivity contribution in [1.29, 1.82) is 0 Å². The van der Waals surface area contributed by atoms with Gasteiger partial charge in [0.2, 0.25) is 0 Å². The molecule has 1 aromatic carbocycles. The van der Waals surface area contributed by atoms with Crippen LogP contribution in [0.3, 0.4) is 0 Å². The Hall–Kier alpha value is -3.00. The van der Waals surface area contributed by atoms with E-state index in [4.69, 9.17) is 11.6 Å². The Morgan fingerprint density at radius 1 is 1.29 bits per heavy atom. The fourth-order valence-corrected chi connectivity index (χ4v) is 3.01. The number of carbonyl (C=O) groups is 1. The first-order chi connectivity index (χ1) is 11.4. The van der Waals surface area contributed by atoms with Crippen molar-refractivity contribution in [2.24, 2.45) is 11.6 Å². The molecule has 7 N–H and O–H groups in total. The van der Waals surface area contributed by atoms with Crippen LogP contribution in [0.1, 0.15) is 22.7 Å². The topological polar surface area (TPSA) is 125 Å². The lowest BCUT2D eigenvalue weighted by Gasteiger charge is -2.27. The van der Waals surface area contributed by atoms with Crippen LogP contribution in [0.2, 0.25) is 0 Å².